The van der Waals surface area contributed by atoms with Gasteiger partial charge in [0.05, 0.1) is 4.92 Å². The van der Waals surface area contributed by atoms with Crippen LogP contribution in [0.3, 0.4) is 0 Å². The fourth-order valence-corrected chi connectivity index (χ4v) is 1.68. The molecule has 1 aromatic carbocycles. The zero-order chi connectivity index (χ0) is 13.9. The lowest BCUT2D eigenvalue weighted by Gasteiger charge is -2.26. The van der Waals surface area contributed by atoms with Gasteiger partial charge in [-0.2, -0.15) is 0 Å². The largest absolute Gasteiger partial charge is 0.327 e. The first kappa shape index (κ1) is 14.6. The molecule has 18 heavy (non-hydrogen) atoms. The zero-order valence-corrected chi connectivity index (χ0v) is 10.9. The monoisotopic (exact) mass is 254 g/mol. The Morgan fingerprint density at radius 2 is 2.06 bits per heavy atom. The van der Waals surface area contributed by atoms with Crippen molar-refractivity contribution < 1.29 is 9.31 Å². The SMILES string of the molecule is CC(C)(C)C(N)CCc1cc(F)ccc1[N+](=O)[O-]. The summed E-state index contributed by atoms with van der Waals surface area (Å²) in [4.78, 5) is 10.3. The molecule has 0 amide bonds. The van der Waals surface area contributed by atoms with Crippen LogP contribution in [0.4, 0.5) is 10.1 Å². The van der Waals surface area contributed by atoms with E-state index in [0.717, 1.165) is 6.07 Å². The van der Waals surface area contributed by atoms with E-state index in [2.05, 4.69) is 0 Å². The van der Waals surface area contributed by atoms with Gasteiger partial charge in [0.15, 0.2) is 0 Å². The number of nitro benzene ring substituents is 1. The van der Waals surface area contributed by atoms with Crippen LogP contribution in [0.5, 0.6) is 0 Å². The molecule has 0 bridgehead atoms. The van der Waals surface area contributed by atoms with Crippen LogP contribution < -0.4 is 5.73 Å². The van der Waals surface area contributed by atoms with E-state index >= 15 is 0 Å². The third-order valence-corrected chi connectivity index (χ3v) is 3.08. The Bertz CT molecular complexity index is 441. The second kappa shape index (κ2) is 5.44. The van der Waals surface area contributed by atoms with Crippen LogP contribution in [0.1, 0.15) is 32.8 Å². The predicted molar refractivity (Wildman–Crippen MR) is 68.8 cm³/mol. The van der Waals surface area contributed by atoms with Crippen molar-refractivity contribution in [3.8, 4) is 0 Å². The van der Waals surface area contributed by atoms with Gasteiger partial charge in [-0.15, -0.1) is 0 Å². The summed E-state index contributed by atoms with van der Waals surface area (Å²) in [5.41, 5.74) is 6.29. The Morgan fingerprint density at radius 1 is 1.44 bits per heavy atom. The molecule has 1 atom stereocenters. The molecule has 0 heterocycles. The highest BCUT2D eigenvalue weighted by Crippen LogP contribution is 2.25. The van der Waals surface area contributed by atoms with Crippen molar-refractivity contribution >= 4 is 5.69 Å². The first-order valence-corrected chi connectivity index (χ1v) is 5.90. The summed E-state index contributed by atoms with van der Waals surface area (Å²) >= 11 is 0. The average molecular weight is 254 g/mol. The number of rotatable bonds is 4. The molecule has 0 aliphatic rings. The lowest BCUT2D eigenvalue weighted by atomic mass is 9.84. The van der Waals surface area contributed by atoms with E-state index in [0.29, 0.717) is 18.4 Å². The fraction of sp³-hybridized carbons (Fsp3) is 0.538. The summed E-state index contributed by atoms with van der Waals surface area (Å²) in [7, 11) is 0. The summed E-state index contributed by atoms with van der Waals surface area (Å²) in [6, 6.07) is 3.44. The molecule has 2 N–H and O–H groups in total. The quantitative estimate of drug-likeness (QED) is 0.663. The van der Waals surface area contributed by atoms with Crippen LogP contribution in [0.25, 0.3) is 0 Å². The molecule has 0 aliphatic carbocycles. The van der Waals surface area contributed by atoms with Gasteiger partial charge in [0, 0.05) is 17.7 Å². The molecule has 1 aromatic rings. The lowest BCUT2D eigenvalue weighted by Crippen LogP contribution is -2.35. The third-order valence-electron chi connectivity index (χ3n) is 3.08. The summed E-state index contributed by atoms with van der Waals surface area (Å²) in [6.45, 7) is 6.03. The Balaban J connectivity index is 2.84. The molecule has 0 radical (unpaired) electrons. The number of hydrogen-bond acceptors (Lipinski definition) is 3. The number of nitrogens with two attached hydrogens (primary N) is 1. The van der Waals surface area contributed by atoms with E-state index in [1.54, 1.807) is 0 Å². The molecule has 0 aromatic heterocycles. The van der Waals surface area contributed by atoms with Crippen molar-refractivity contribution in [2.24, 2.45) is 11.1 Å². The van der Waals surface area contributed by atoms with E-state index in [1.807, 2.05) is 20.8 Å². The Labute approximate surface area is 106 Å². The molecule has 1 rings (SSSR count). The highest BCUT2D eigenvalue weighted by Gasteiger charge is 2.22. The summed E-state index contributed by atoms with van der Waals surface area (Å²) in [6.07, 6.45) is 1.00. The van der Waals surface area contributed by atoms with Crippen molar-refractivity contribution in [2.75, 3.05) is 0 Å². The van der Waals surface area contributed by atoms with Crippen LogP contribution in [-0.2, 0) is 6.42 Å². The number of nitro groups is 1. The fourth-order valence-electron chi connectivity index (χ4n) is 1.68. The molecule has 0 saturated carbocycles. The number of halogens is 1. The van der Waals surface area contributed by atoms with Crippen molar-refractivity contribution in [1.29, 1.82) is 0 Å². The van der Waals surface area contributed by atoms with E-state index in [9.17, 15) is 14.5 Å². The topological polar surface area (TPSA) is 69.2 Å². The molecular weight excluding hydrogens is 235 g/mol. The Hall–Kier alpha value is -1.49. The van der Waals surface area contributed by atoms with Crippen molar-refractivity contribution in [2.45, 2.75) is 39.7 Å². The molecule has 0 saturated heterocycles. The summed E-state index contributed by atoms with van der Waals surface area (Å²) < 4.78 is 13.1. The van der Waals surface area contributed by atoms with Crippen molar-refractivity contribution in [1.82, 2.24) is 0 Å². The predicted octanol–water partition coefficient (Wildman–Crippen LogP) is 3.04. The molecule has 5 heteroatoms. The van der Waals surface area contributed by atoms with Gasteiger partial charge in [-0.25, -0.2) is 4.39 Å². The van der Waals surface area contributed by atoms with Crippen LogP contribution in [0, 0.1) is 21.3 Å². The maximum absolute atomic E-state index is 13.1. The highest BCUT2D eigenvalue weighted by molar-refractivity contribution is 5.40. The highest BCUT2D eigenvalue weighted by atomic mass is 19.1. The maximum atomic E-state index is 13.1. The van der Waals surface area contributed by atoms with Gasteiger partial charge in [0.1, 0.15) is 5.82 Å². The minimum Gasteiger partial charge on any atom is -0.327 e. The maximum Gasteiger partial charge on any atom is 0.272 e. The van der Waals surface area contributed by atoms with Gasteiger partial charge in [0.25, 0.3) is 5.69 Å². The number of benzene rings is 1. The van der Waals surface area contributed by atoms with Crippen LogP contribution >= 0.6 is 0 Å². The molecule has 0 fully saturated rings. The molecule has 0 aliphatic heterocycles. The number of aryl methyl sites for hydroxylation is 1. The zero-order valence-electron chi connectivity index (χ0n) is 10.9. The summed E-state index contributed by atoms with van der Waals surface area (Å²) in [5.74, 6) is -0.458. The van der Waals surface area contributed by atoms with Gasteiger partial charge in [-0.1, -0.05) is 20.8 Å². The van der Waals surface area contributed by atoms with E-state index in [1.165, 1.54) is 12.1 Å². The first-order valence-electron chi connectivity index (χ1n) is 5.90. The van der Waals surface area contributed by atoms with Crippen molar-refractivity contribution in [3.63, 3.8) is 0 Å². The van der Waals surface area contributed by atoms with Gasteiger partial charge < -0.3 is 5.73 Å². The average Bonchev–Trinajstić information content (AvgIpc) is 2.24. The third kappa shape index (κ3) is 3.77. The lowest BCUT2D eigenvalue weighted by molar-refractivity contribution is -0.385. The van der Waals surface area contributed by atoms with Crippen LogP contribution in [0.15, 0.2) is 18.2 Å². The second-order valence-electron chi connectivity index (χ2n) is 5.54. The standard InChI is InChI=1S/C13H19FN2O2/c1-13(2,3)12(15)7-4-9-8-10(14)5-6-11(9)16(17)18/h5-6,8,12H,4,7,15H2,1-3H3. The normalized spacial score (nSPS) is 13.4. The Kier molecular flexibility index (Phi) is 4.40. The number of hydrogen-bond donors (Lipinski definition) is 1. The molecule has 100 valence electrons. The van der Waals surface area contributed by atoms with E-state index in [-0.39, 0.29) is 17.1 Å². The molecule has 1 unspecified atom stereocenters. The van der Waals surface area contributed by atoms with Crippen LogP contribution in [-0.4, -0.2) is 11.0 Å². The molecule has 0 spiro atoms. The minimum atomic E-state index is -0.489. The van der Waals surface area contributed by atoms with E-state index in [4.69, 9.17) is 5.73 Å². The van der Waals surface area contributed by atoms with Crippen molar-refractivity contribution in [3.05, 3.63) is 39.7 Å². The Morgan fingerprint density at radius 3 is 2.56 bits per heavy atom. The second-order valence-corrected chi connectivity index (χ2v) is 5.54. The van der Waals surface area contributed by atoms with Gasteiger partial charge in [-0.3, -0.25) is 10.1 Å². The minimum absolute atomic E-state index is 0.0440. The van der Waals surface area contributed by atoms with Gasteiger partial charge in [-0.05, 0) is 30.4 Å². The summed E-state index contributed by atoms with van der Waals surface area (Å²) in [5, 5.41) is 10.8. The first-order chi connectivity index (χ1) is 8.21. The van der Waals surface area contributed by atoms with Crippen LogP contribution in [0.2, 0.25) is 0 Å². The number of nitrogens with zero attached hydrogens (tertiary/aromatic N) is 1. The molecular formula is C13H19FN2O2. The van der Waals surface area contributed by atoms with E-state index < -0.39 is 10.7 Å². The molecule has 4 nitrogen and oxygen atoms in total. The van der Waals surface area contributed by atoms with Gasteiger partial charge in [0.2, 0.25) is 0 Å². The smallest absolute Gasteiger partial charge is 0.272 e. The van der Waals surface area contributed by atoms with Gasteiger partial charge >= 0.3 is 0 Å².